The molecule has 7 nitrogen and oxygen atoms in total. The van der Waals surface area contributed by atoms with Gasteiger partial charge in [-0.1, -0.05) is 18.7 Å². The van der Waals surface area contributed by atoms with Crippen molar-refractivity contribution in [3.05, 3.63) is 36.7 Å². The average molecular weight is 415 g/mol. The minimum atomic E-state index is 0.616. The molecule has 0 saturated carbocycles. The molecule has 0 atom stereocenters. The molecule has 1 saturated heterocycles. The number of aromatic nitrogens is 3. The van der Waals surface area contributed by atoms with Gasteiger partial charge in [0, 0.05) is 43.7 Å². The van der Waals surface area contributed by atoms with Gasteiger partial charge in [-0.2, -0.15) is 0 Å². The van der Waals surface area contributed by atoms with Gasteiger partial charge < -0.3 is 14.2 Å². The Balaban J connectivity index is 1.52. The van der Waals surface area contributed by atoms with E-state index in [1.807, 2.05) is 34.9 Å². The third-order valence-corrected chi connectivity index (χ3v) is 5.69. The zero-order chi connectivity index (χ0) is 20.1. The number of thioether (sulfide) groups is 1. The van der Waals surface area contributed by atoms with E-state index < -0.39 is 0 Å². The zero-order valence-corrected chi connectivity index (χ0v) is 17.7. The molecule has 0 spiro atoms. The molecule has 8 heteroatoms. The van der Waals surface area contributed by atoms with Gasteiger partial charge >= 0.3 is 0 Å². The first-order chi connectivity index (χ1) is 14.3. The van der Waals surface area contributed by atoms with Crippen molar-refractivity contribution in [2.24, 2.45) is 0 Å². The van der Waals surface area contributed by atoms with E-state index in [0.29, 0.717) is 12.4 Å². The summed E-state index contributed by atoms with van der Waals surface area (Å²) in [6.07, 6.45) is 3.74. The van der Waals surface area contributed by atoms with Gasteiger partial charge in [-0.3, -0.25) is 9.30 Å². The monoisotopic (exact) mass is 414 g/mol. The second kappa shape index (κ2) is 9.47. The van der Waals surface area contributed by atoms with Gasteiger partial charge in [0.25, 0.3) is 0 Å². The molecule has 1 fully saturated rings. The Kier molecular flexibility index (Phi) is 6.53. The molecule has 0 N–H and O–H groups in total. The predicted molar refractivity (Wildman–Crippen MR) is 114 cm³/mol. The molecule has 2 aromatic heterocycles. The summed E-state index contributed by atoms with van der Waals surface area (Å²) in [4.78, 5) is 11.6. The highest BCUT2D eigenvalue weighted by molar-refractivity contribution is 7.99. The van der Waals surface area contributed by atoms with E-state index in [1.165, 1.54) is 0 Å². The minimum absolute atomic E-state index is 0.616. The standard InChI is InChI=1S/C21H26N4O3S/c1-3-29-21-23-17(15-20-22-6-7-25(20)21)16-4-5-18(19(14-16)26-2)28-13-10-24-8-11-27-12-9-24/h4-7,14-15H,3,8-13H2,1-2H3. The summed E-state index contributed by atoms with van der Waals surface area (Å²) in [7, 11) is 1.66. The topological polar surface area (TPSA) is 61.1 Å². The molecule has 29 heavy (non-hydrogen) atoms. The highest BCUT2D eigenvalue weighted by Gasteiger charge is 2.13. The Morgan fingerprint density at radius 2 is 2.03 bits per heavy atom. The van der Waals surface area contributed by atoms with Crippen LogP contribution in [0.3, 0.4) is 0 Å². The largest absolute Gasteiger partial charge is 0.493 e. The Hall–Kier alpha value is -2.29. The van der Waals surface area contributed by atoms with E-state index in [2.05, 4.69) is 16.8 Å². The molecular weight excluding hydrogens is 388 g/mol. The maximum atomic E-state index is 5.99. The van der Waals surface area contributed by atoms with Crippen LogP contribution in [0.1, 0.15) is 6.92 Å². The van der Waals surface area contributed by atoms with Crippen molar-refractivity contribution in [2.45, 2.75) is 12.1 Å². The highest BCUT2D eigenvalue weighted by atomic mass is 32.2. The van der Waals surface area contributed by atoms with Crippen LogP contribution in [0.25, 0.3) is 16.9 Å². The van der Waals surface area contributed by atoms with E-state index in [1.54, 1.807) is 25.1 Å². The predicted octanol–water partition coefficient (Wildman–Crippen LogP) is 3.23. The number of imidazole rings is 1. The fourth-order valence-electron chi connectivity index (χ4n) is 3.33. The smallest absolute Gasteiger partial charge is 0.174 e. The van der Waals surface area contributed by atoms with Crippen LogP contribution < -0.4 is 9.47 Å². The molecule has 0 radical (unpaired) electrons. The van der Waals surface area contributed by atoms with Crippen LogP contribution in [0.4, 0.5) is 0 Å². The molecule has 1 aromatic carbocycles. The minimum Gasteiger partial charge on any atom is -0.493 e. The third kappa shape index (κ3) is 4.66. The zero-order valence-electron chi connectivity index (χ0n) is 16.8. The number of nitrogens with zero attached hydrogens (tertiary/aromatic N) is 4. The Labute approximate surface area is 175 Å². The van der Waals surface area contributed by atoms with Gasteiger partial charge in [0.15, 0.2) is 16.7 Å². The van der Waals surface area contributed by atoms with Crippen LogP contribution >= 0.6 is 11.8 Å². The Morgan fingerprint density at radius 1 is 1.17 bits per heavy atom. The number of fused-ring (bicyclic) bond motifs is 1. The van der Waals surface area contributed by atoms with E-state index in [0.717, 1.165) is 66.4 Å². The summed E-state index contributed by atoms with van der Waals surface area (Å²) >= 11 is 1.70. The van der Waals surface area contributed by atoms with E-state index >= 15 is 0 Å². The van der Waals surface area contributed by atoms with Crippen molar-refractivity contribution in [3.63, 3.8) is 0 Å². The van der Waals surface area contributed by atoms with Gasteiger partial charge in [-0.15, -0.1) is 0 Å². The molecule has 0 aliphatic carbocycles. The number of hydrogen-bond acceptors (Lipinski definition) is 7. The van der Waals surface area contributed by atoms with Crippen molar-refractivity contribution in [1.82, 2.24) is 19.3 Å². The van der Waals surface area contributed by atoms with Gasteiger partial charge in [0.2, 0.25) is 0 Å². The molecule has 3 heterocycles. The molecule has 1 aliphatic heterocycles. The van der Waals surface area contributed by atoms with Crippen LogP contribution in [0, 0.1) is 0 Å². The van der Waals surface area contributed by atoms with Crippen LogP contribution in [0.5, 0.6) is 11.5 Å². The van der Waals surface area contributed by atoms with Gasteiger partial charge in [-0.05, 0) is 24.0 Å². The van der Waals surface area contributed by atoms with Crippen molar-refractivity contribution < 1.29 is 14.2 Å². The van der Waals surface area contributed by atoms with Crippen LogP contribution in [0.15, 0.2) is 41.8 Å². The van der Waals surface area contributed by atoms with Crippen LogP contribution in [0.2, 0.25) is 0 Å². The SMILES string of the molecule is CCSc1nc(-c2ccc(OCCN3CCOCC3)c(OC)c2)cc2nccn12. The molecule has 154 valence electrons. The number of ether oxygens (including phenoxy) is 3. The normalized spacial score (nSPS) is 15.0. The Morgan fingerprint density at radius 3 is 2.83 bits per heavy atom. The van der Waals surface area contributed by atoms with Gasteiger partial charge in [0.05, 0.1) is 26.0 Å². The maximum absolute atomic E-state index is 5.99. The second-order valence-corrected chi connectivity index (χ2v) is 7.91. The summed E-state index contributed by atoms with van der Waals surface area (Å²) in [6, 6.07) is 7.95. The quantitative estimate of drug-likeness (QED) is 0.414. The Bertz CT molecular complexity index is 956. The van der Waals surface area contributed by atoms with Crippen molar-refractivity contribution in [2.75, 3.05) is 52.3 Å². The first-order valence-corrected chi connectivity index (χ1v) is 10.8. The number of hydrogen-bond donors (Lipinski definition) is 0. The summed E-state index contributed by atoms with van der Waals surface area (Å²) in [5.74, 6) is 2.40. The van der Waals surface area contributed by atoms with E-state index in [-0.39, 0.29) is 0 Å². The fraction of sp³-hybridized carbons (Fsp3) is 0.429. The van der Waals surface area contributed by atoms with Crippen LogP contribution in [-0.2, 0) is 4.74 Å². The maximum Gasteiger partial charge on any atom is 0.174 e. The molecule has 0 unspecified atom stereocenters. The molecule has 4 rings (SSSR count). The lowest BCUT2D eigenvalue weighted by Crippen LogP contribution is -2.38. The number of rotatable bonds is 8. The summed E-state index contributed by atoms with van der Waals surface area (Å²) in [6.45, 7) is 7.12. The molecular formula is C21H26N4O3S. The average Bonchev–Trinajstić information content (AvgIpc) is 3.24. The van der Waals surface area contributed by atoms with E-state index in [9.17, 15) is 0 Å². The molecule has 0 amide bonds. The number of methoxy groups -OCH3 is 1. The first kappa shape index (κ1) is 20.0. The van der Waals surface area contributed by atoms with Gasteiger partial charge in [-0.25, -0.2) is 9.97 Å². The van der Waals surface area contributed by atoms with E-state index in [4.69, 9.17) is 19.2 Å². The van der Waals surface area contributed by atoms with Gasteiger partial charge in [0.1, 0.15) is 12.3 Å². The van der Waals surface area contributed by atoms with Crippen LogP contribution in [-0.4, -0.2) is 71.6 Å². The summed E-state index contributed by atoms with van der Waals surface area (Å²) in [5.41, 5.74) is 2.74. The lowest BCUT2D eigenvalue weighted by Gasteiger charge is -2.26. The first-order valence-electron chi connectivity index (χ1n) is 9.86. The van der Waals surface area contributed by atoms with Crippen molar-refractivity contribution in [1.29, 1.82) is 0 Å². The fourth-order valence-corrected chi connectivity index (χ4v) is 4.04. The third-order valence-electron chi connectivity index (χ3n) is 4.86. The molecule has 0 bridgehead atoms. The molecule has 1 aliphatic rings. The lowest BCUT2D eigenvalue weighted by molar-refractivity contribution is 0.0321. The summed E-state index contributed by atoms with van der Waals surface area (Å²) in [5, 5.41) is 0.933. The molecule has 3 aromatic rings. The number of benzene rings is 1. The lowest BCUT2D eigenvalue weighted by atomic mass is 10.1. The summed E-state index contributed by atoms with van der Waals surface area (Å²) < 4.78 is 19.0. The van der Waals surface area contributed by atoms with Crippen molar-refractivity contribution in [3.8, 4) is 22.8 Å². The second-order valence-electron chi connectivity index (χ2n) is 6.68. The number of morpholine rings is 1. The highest BCUT2D eigenvalue weighted by Crippen LogP contribution is 2.33. The van der Waals surface area contributed by atoms with Crippen molar-refractivity contribution >= 4 is 17.4 Å².